The Morgan fingerprint density at radius 2 is 1.22 bits per heavy atom. The molecule has 0 saturated carbocycles. The van der Waals surface area contributed by atoms with Gasteiger partial charge >= 0.3 is 5.97 Å². The van der Waals surface area contributed by atoms with Crippen LogP contribution >= 0.6 is 34.4 Å². The number of nitrogens with zero attached hydrogens (tertiary/aromatic N) is 4. The van der Waals surface area contributed by atoms with Crippen molar-refractivity contribution >= 4 is 69.1 Å². The summed E-state index contributed by atoms with van der Waals surface area (Å²) in [4.78, 5) is 62.9. The summed E-state index contributed by atoms with van der Waals surface area (Å²) in [7, 11) is 1.58. The zero-order valence-electron chi connectivity index (χ0n) is 42.0. The fraction of sp³-hybridized carbons (Fsp3) is 0.111. The lowest BCUT2D eigenvalue weighted by molar-refractivity contribution is -0.153. The van der Waals surface area contributed by atoms with Gasteiger partial charge in [-0.25, -0.2) is 9.78 Å². The Kier molecular flexibility index (Phi) is 15.2. The number of amides is 2. The summed E-state index contributed by atoms with van der Waals surface area (Å²) in [5.74, 6) is -0.869. The number of β-lactam (4-membered cyclic amide) rings is 1. The highest BCUT2D eigenvalue weighted by atomic mass is 32.2. The number of thiazole rings is 2. The molecule has 1 fully saturated rings. The van der Waals surface area contributed by atoms with Gasteiger partial charge in [-0.3, -0.25) is 19.5 Å². The van der Waals surface area contributed by atoms with Crippen LogP contribution in [-0.4, -0.2) is 62.6 Å². The number of rotatable bonds is 19. The van der Waals surface area contributed by atoms with Crippen molar-refractivity contribution in [2.45, 2.75) is 29.2 Å². The number of hydrogen-bond acceptors (Lipinski definition) is 13. The molecule has 2 aromatic heterocycles. The molecule has 1 saturated heterocycles. The summed E-state index contributed by atoms with van der Waals surface area (Å²) < 4.78 is 11.2. The second-order valence-corrected chi connectivity index (χ2v) is 21.1. The molecule has 9 aromatic rings. The van der Waals surface area contributed by atoms with Crippen LogP contribution < -0.4 is 15.4 Å². The fourth-order valence-electron chi connectivity index (χ4n) is 9.78. The number of methoxy groups -OCH3 is 1. The van der Waals surface area contributed by atoms with E-state index in [4.69, 9.17) is 24.5 Å². The molecule has 2 N–H and O–H groups in total. The summed E-state index contributed by atoms with van der Waals surface area (Å²) in [5, 5.41) is 13.3. The number of aromatic nitrogens is 2. The maximum atomic E-state index is 15.4. The van der Waals surface area contributed by atoms with Crippen LogP contribution in [0.5, 0.6) is 5.75 Å². The summed E-state index contributed by atoms with van der Waals surface area (Å²) >= 11 is 4.18. The minimum Gasteiger partial charge on any atom is -0.497 e. The molecule has 15 heteroatoms. The van der Waals surface area contributed by atoms with Gasteiger partial charge < -0.3 is 24.9 Å². The van der Waals surface area contributed by atoms with Gasteiger partial charge in [0.15, 0.2) is 10.8 Å². The van der Waals surface area contributed by atoms with E-state index in [1.807, 2.05) is 170 Å². The predicted molar refractivity (Wildman–Crippen MR) is 308 cm³/mol. The van der Waals surface area contributed by atoms with Crippen molar-refractivity contribution in [1.82, 2.24) is 20.2 Å². The van der Waals surface area contributed by atoms with Crippen LogP contribution in [0.15, 0.2) is 246 Å². The van der Waals surface area contributed by atoms with Gasteiger partial charge in [-0.05, 0) is 46.0 Å². The highest BCUT2D eigenvalue weighted by molar-refractivity contribution is 8.00. The first-order chi connectivity index (χ1) is 38.4. The van der Waals surface area contributed by atoms with Crippen molar-refractivity contribution in [1.29, 1.82) is 0 Å². The van der Waals surface area contributed by atoms with Crippen molar-refractivity contribution < 1.29 is 28.7 Å². The molecule has 11 rings (SSSR count). The zero-order valence-corrected chi connectivity index (χ0v) is 44.5. The topological polar surface area (TPSA) is 144 Å². The minimum absolute atomic E-state index is 0.0396. The molecule has 0 bridgehead atoms. The van der Waals surface area contributed by atoms with Gasteiger partial charge in [-0.1, -0.05) is 205 Å². The molecule has 2 aliphatic heterocycles. The summed E-state index contributed by atoms with van der Waals surface area (Å²) in [6, 6.07) is 65.8. The number of hydrogen-bond donors (Lipinski definition) is 2. The second-order valence-electron chi connectivity index (χ2n) is 18.2. The van der Waals surface area contributed by atoms with Crippen LogP contribution in [0.4, 0.5) is 5.13 Å². The van der Waals surface area contributed by atoms with Crippen molar-refractivity contribution in [3.05, 3.63) is 290 Å². The number of benzene rings is 7. The number of fused-ring (bicyclic) bond motifs is 1. The van der Waals surface area contributed by atoms with Crippen LogP contribution in [0.25, 0.3) is 6.08 Å². The first-order valence-electron chi connectivity index (χ1n) is 25.0. The van der Waals surface area contributed by atoms with E-state index in [9.17, 15) is 9.59 Å². The number of oxime groups is 1. The molecule has 0 spiro atoms. The van der Waals surface area contributed by atoms with Gasteiger partial charge in [0.25, 0.3) is 11.8 Å². The third-order valence-corrected chi connectivity index (χ3v) is 16.4. The average molecular weight is 1080 g/mol. The molecule has 2 atom stereocenters. The molecule has 2 aliphatic rings. The number of nitrogens with one attached hydrogen (secondary N) is 2. The lowest BCUT2D eigenvalue weighted by Gasteiger charge is -2.49. The number of carbonyl (C=O) groups is 3. The third-order valence-electron chi connectivity index (χ3n) is 13.6. The van der Waals surface area contributed by atoms with E-state index < -0.39 is 40.3 Å². The summed E-state index contributed by atoms with van der Waals surface area (Å²) in [6.07, 6.45) is 5.40. The average Bonchev–Trinajstić information content (AvgIpc) is 4.34. The maximum Gasteiger partial charge on any atom is 0.355 e. The van der Waals surface area contributed by atoms with E-state index in [0.29, 0.717) is 22.2 Å². The molecule has 7 aromatic carbocycles. The lowest BCUT2D eigenvalue weighted by Crippen LogP contribution is -2.71. The first kappa shape index (κ1) is 51.2. The largest absolute Gasteiger partial charge is 0.497 e. The monoisotopic (exact) mass is 1080 g/mol. The Labute approximate surface area is 463 Å². The molecular weight excluding hydrogens is 1030 g/mol. The Hall–Kier alpha value is -8.89. The van der Waals surface area contributed by atoms with Crippen LogP contribution in [0.2, 0.25) is 0 Å². The van der Waals surface area contributed by atoms with Gasteiger partial charge in [0.05, 0.1) is 12.6 Å². The molecule has 0 aliphatic carbocycles. The molecule has 12 nitrogen and oxygen atoms in total. The van der Waals surface area contributed by atoms with E-state index in [1.165, 1.54) is 39.3 Å². The predicted octanol–water partition coefficient (Wildman–Crippen LogP) is 11.8. The smallest absolute Gasteiger partial charge is 0.355 e. The van der Waals surface area contributed by atoms with Gasteiger partial charge in [-0.2, -0.15) is 0 Å². The van der Waals surface area contributed by atoms with Crippen molar-refractivity contribution in [3.8, 4) is 5.75 Å². The normalized spacial score (nSPS) is 15.5. The Morgan fingerprint density at radius 3 is 1.72 bits per heavy atom. The van der Waals surface area contributed by atoms with Gasteiger partial charge in [0.1, 0.15) is 40.7 Å². The SMILES string of the molecule is COc1ccc(COC(=O)C2=C(C=Cc3cncs3)CS[C@H]3C(NC(=O)C(=NOC(c4ccccc4)(c4ccccc4)c4ccccc4)c4csc(NC(c5ccccc5)(c5ccccc5)c5ccccc5)n4)C(=O)N23)cc1. The summed E-state index contributed by atoms with van der Waals surface area (Å²) in [6.45, 7) is -0.0396. The molecule has 1 unspecified atom stereocenters. The van der Waals surface area contributed by atoms with E-state index >= 15 is 4.79 Å². The van der Waals surface area contributed by atoms with E-state index in [-0.39, 0.29) is 23.7 Å². The first-order valence-corrected chi connectivity index (χ1v) is 27.9. The number of thioether (sulfide) groups is 1. The number of carbonyl (C=O) groups excluding carboxylic acids is 3. The zero-order chi connectivity index (χ0) is 53.3. The maximum absolute atomic E-state index is 15.4. The fourth-order valence-corrected chi connectivity index (χ4v) is 12.4. The molecule has 2 amide bonds. The van der Waals surface area contributed by atoms with Gasteiger partial charge in [-0.15, -0.1) is 34.4 Å². The molecule has 386 valence electrons. The molecule has 4 heterocycles. The van der Waals surface area contributed by atoms with E-state index in [1.54, 1.807) is 36.3 Å². The van der Waals surface area contributed by atoms with Gasteiger partial charge in [0, 0.05) is 38.9 Å². The van der Waals surface area contributed by atoms with Crippen LogP contribution in [0.1, 0.15) is 49.5 Å². The van der Waals surface area contributed by atoms with Crippen molar-refractivity contribution in [2.75, 3.05) is 18.2 Å². The highest BCUT2D eigenvalue weighted by Gasteiger charge is 2.55. The standard InChI is InChI=1S/C63H50N6O6S3/c1-73-51-35-32-43(33-36-51)39-74-60(72)56-44(34-37-52-38-64-42-78-52)40-76-59-55(58(71)69(56)59)66-57(70)54(68-75-63(48-26-14-5-15-27-48,49-28-16-6-17-29-49)50-30-18-7-19-31-50)53-41-77-61(65-53)67-62(45-20-8-2-9-21-45,46-22-10-3-11-23-46)47-24-12-4-13-25-47/h2-38,41-42,55,59H,39-40H2,1H3,(H,65,67)(H,66,70)/t55?,59-/m0/s1. The Bertz CT molecular complexity index is 3410. The van der Waals surface area contributed by atoms with Crippen molar-refractivity contribution in [2.24, 2.45) is 5.16 Å². The van der Waals surface area contributed by atoms with Crippen molar-refractivity contribution in [3.63, 3.8) is 0 Å². The van der Waals surface area contributed by atoms with Gasteiger partial charge in [0.2, 0.25) is 5.60 Å². The quantitative estimate of drug-likeness (QED) is 0.0264. The van der Waals surface area contributed by atoms with E-state index in [0.717, 1.165) is 43.8 Å². The number of anilines is 1. The third kappa shape index (κ3) is 10.3. The van der Waals surface area contributed by atoms with Crippen LogP contribution in [0.3, 0.4) is 0 Å². The molecular formula is C63H50N6O6S3. The molecule has 0 radical (unpaired) electrons. The lowest BCUT2D eigenvalue weighted by atomic mass is 9.77. The Balaban J connectivity index is 0.980. The van der Waals surface area contributed by atoms with E-state index in [2.05, 4.69) is 52.0 Å². The highest BCUT2D eigenvalue weighted by Crippen LogP contribution is 2.44. The second kappa shape index (κ2) is 23.2. The Morgan fingerprint density at radius 1 is 0.692 bits per heavy atom. The van der Waals surface area contributed by atoms with Crippen LogP contribution in [0, 0.1) is 0 Å². The number of esters is 1. The van der Waals surface area contributed by atoms with Crippen LogP contribution in [-0.2, 0) is 41.7 Å². The number of allylic oxidation sites excluding steroid dienone is 1. The summed E-state index contributed by atoms with van der Waals surface area (Å²) in [5.41, 5.74) is 6.04. The number of ether oxygens (including phenoxy) is 2. The minimum atomic E-state index is -1.37. The molecule has 78 heavy (non-hydrogen) atoms.